The van der Waals surface area contributed by atoms with Gasteiger partial charge in [0.1, 0.15) is 12.5 Å². The van der Waals surface area contributed by atoms with Crippen molar-refractivity contribution in [2.75, 3.05) is 18.7 Å². The Morgan fingerprint density at radius 2 is 2.27 bits per heavy atom. The number of nitriles is 1. The van der Waals surface area contributed by atoms with Gasteiger partial charge in [-0.3, -0.25) is 9.69 Å². The molecule has 0 saturated heterocycles. The van der Waals surface area contributed by atoms with Crippen LogP contribution >= 0.6 is 0 Å². The van der Waals surface area contributed by atoms with Crippen LogP contribution in [-0.2, 0) is 9.53 Å². The van der Waals surface area contributed by atoms with Gasteiger partial charge >= 0.3 is 0 Å². The number of anilines is 1. The van der Waals surface area contributed by atoms with Crippen molar-refractivity contribution in [1.29, 1.82) is 5.26 Å². The summed E-state index contributed by atoms with van der Waals surface area (Å²) < 4.78 is 18.7. The molecule has 1 aliphatic heterocycles. The van der Waals surface area contributed by atoms with E-state index in [2.05, 4.69) is 6.07 Å². The van der Waals surface area contributed by atoms with Crippen molar-refractivity contribution in [2.24, 2.45) is 5.41 Å². The maximum Gasteiger partial charge on any atom is 0.240 e. The molecule has 5 heteroatoms. The second-order valence-electron chi connectivity index (χ2n) is 5.45. The van der Waals surface area contributed by atoms with Crippen molar-refractivity contribution in [3.8, 4) is 6.07 Å². The lowest BCUT2D eigenvalue weighted by Crippen LogP contribution is -2.51. The summed E-state index contributed by atoms with van der Waals surface area (Å²) in [7, 11) is 1.48. The molecular formula is C17H15FN2O2. The van der Waals surface area contributed by atoms with Crippen LogP contribution in [0.15, 0.2) is 42.5 Å². The Hall–Kier alpha value is -2.45. The van der Waals surface area contributed by atoms with Crippen LogP contribution in [0.4, 0.5) is 10.1 Å². The van der Waals surface area contributed by atoms with Gasteiger partial charge < -0.3 is 4.74 Å². The molecule has 1 amide bonds. The molecule has 22 heavy (non-hydrogen) atoms. The van der Waals surface area contributed by atoms with E-state index in [0.717, 1.165) is 5.56 Å². The Morgan fingerprint density at radius 3 is 3.00 bits per heavy atom. The van der Waals surface area contributed by atoms with Crippen molar-refractivity contribution in [1.82, 2.24) is 0 Å². The Kier molecular flexibility index (Phi) is 3.55. The second kappa shape index (κ2) is 5.39. The number of hydrogen-bond acceptors (Lipinski definition) is 3. The van der Waals surface area contributed by atoms with E-state index >= 15 is 0 Å². The third-order valence-electron chi connectivity index (χ3n) is 4.25. The first-order chi connectivity index (χ1) is 10.6. The second-order valence-corrected chi connectivity index (χ2v) is 5.45. The van der Waals surface area contributed by atoms with Gasteiger partial charge in [-0.05, 0) is 17.7 Å². The maximum absolute atomic E-state index is 13.6. The van der Waals surface area contributed by atoms with Gasteiger partial charge in [0.05, 0.1) is 23.6 Å². The van der Waals surface area contributed by atoms with Crippen LogP contribution in [0.25, 0.3) is 0 Å². The largest absolute Gasteiger partial charge is 0.364 e. The number of carbonyl (C=O) groups is 1. The topological polar surface area (TPSA) is 53.3 Å². The van der Waals surface area contributed by atoms with E-state index in [0.29, 0.717) is 5.69 Å². The van der Waals surface area contributed by atoms with Gasteiger partial charge in [-0.2, -0.15) is 5.26 Å². The molecule has 1 aromatic rings. The number of nitrogens with zero attached hydrogens (tertiary/aromatic N) is 2. The SMILES string of the molecule is COCN1C(=O)[C@@]2(CC#N)C=CC=C[C@H]2c2ccc(F)cc21. The number of benzene rings is 1. The Morgan fingerprint density at radius 1 is 1.45 bits per heavy atom. The Bertz CT molecular complexity index is 720. The predicted molar refractivity (Wildman–Crippen MR) is 79.4 cm³/mol. The molecule has 3 rings (SSSR count). The highest BCUT2D eigenvalue weighted by atomic mass is 19.1. The number of hydrogen-bond donors (Lipinski definition) is 0. The van der Waals surface area contributed by atoms with Crippen molar-refractivity contribution in [3.63, 3.8) is 0 Å². The Balaban J connectivity index is 2.23. The van der Waals surface area contributed by atoms with Crippen LogP contribution in [0.1, 0.15) is 17.9 Å². The van der Waals surface area contributed by atoms with E-state index in [9.17, 15) is 14.4 Å². The first-order valence-corrected chi connectivity index (χ1v) is 6.97. The number of rotatable bonds is 3. The van der Waals surface area contributed by atoms with E-state index < -0.39 is 11.2 Å². The lowest BCUT2D eigenvalue weighted by Gasteiger charge is -2.45. The number of methoxy groups -OCH3 is 1. The van der Waals surface area contributed by atoms with Gasteiger partial charge in [-0.25, -0.2) is 4.39 Å². The smallest absolute Gasteiger partial charge is 0.240 e. The van der Waals surface area contributed by atoms with E-state index in [1.54, 1.807) is 18.2 Å². The fraction of sp³-hybridized carbons (Fsp3) is 0.294. The number of ether oxygens (including phenoxy) is 1. The van der Waals surface area contributed by atoms with Crippen molar-refractivity contribution < 1.29 is 13.9 Å². The Labute approximate surface area is 128 Å². The van der Waals surface area contributed by atoms with Crippen molar-refractivity contribution in [2.45, 2.75) is 12.3 Å². The molecular weight excluding hydrogens is 283 g/mol. The van der Waals surface area contributed by atoms with Crippen molar-refractivity contribution in [3.05, 3.63) is 53.9 Å². The van der Waals surface area contributed by atoms with Gasteiger partial charge in [0.25, 0.3) is 0 Å². The van der Waals surface area contributed by atoms with Crippen LogP contribution in [0, 0.1) is 22.6 Å². The minimum Gasteiger partial charge on any atom is -0.364 e. The van der Waals surface area contributed by atoms with Gasteiger partial charge in [0.15, 0.2) is 0 Å². The number of amides is 1. The van der Waals surface area contributed by atoms with E-state index in [4.69, 9.17) is 4.74 Å². The molecule has 0 fully saturated rings. The van der Waals surface area contributed by atoms with Gasteiger partial charge in [0, 0.05) is 13.0 Å². The number of carbonyl (C=O) groups excluding carboxylic acids is 1. The molecule has 0 N–H and O–H groups in total. The number of fused-ring (bicyclic) bond motifs is 3. The fourth-order valence-electron chi connectivity index (χ4n) is 3.27. The predicted octanol–water partition coefficient (Wildman–Crippen LogP) is 2.89. The molecule has 0 unspecified atom stereocenters. The highest BCUT2D eigenvalue weighted by Crippen LogP contribution is 2.51. The summed E-state index contributed by atoms with van der Waals surface area (Å²) in [6, 6.07) is 6.52. The molecule has 2 aliphatic rings. The van der Waals surface area contributed by atoms with Crippen LogP contribution in [0.3, 0.4) is 0 Å². The average Bonchev–Trinajstić information content (AvgIpc) is 2.52. The summed E-state index contributed by atoms with van der Waals surface area (Å²) in [4.78, 5) is 14.4. The molecule has 1 heterocycles. The van der Waals surface area contributed by atoms with Crippen LogP contribution in [0.5, 0.6) is 0 Å². The minimum atomic E-state index is -0.952. The third kappa shape index (κ3) is 1.96. The summed E-state index contributed by atoms with van der Waals surface area (Å²) in [5, 5.41) is 9.21. The zero-order valence-corrected chi connectivity index (χ0v) is 12.1. The molecule has 0 saturated carbocycles. The molecule has 1 aromatic carbocycles. The summed E-state index contributed by atoms with van der Waals surface area (Å²) in [5.74, 6) is -0.913. The van der Waals surface area contributed by atoms with E-state index in [1.165, 1.54) is 24.1 Å². The summed E-state index contributed by atoms with van der Waals surface area (Å²) in [6.07, 6.45) is 7.38. The highest BCUT2D eigenvalue weighted by molar-refractivity contribution is 6.03. The molecule has 4 nitrogen and oxygen atoms in total. The van der Waals surface area contributed by atoms with Crippen LogP contribution < -0.4 is 4.90 Å². The molecule has 0 bridgehead atoms. The lowest BCUT2D eigenvalue weighted by molar-refractivity contribution is -0.128. The normalized spacial score (nSPS) is 25.6. The molecule has 0 aromatic heterocycles. The van der Waals surface area contributed by atoms with E-state index in [1.807, 2.05) is 12.2 Å². The molecule has 112 valence electrons. The zero-order valence-electron chi connectivity index (χ0n) is 12.1. The standard InChI is InChI=1S/C17H15FN2O2/c1-22-11-20-15-10-12(18)5-6-13(15)14-4-2-3-7-17(14,8-9-19)16(20)21/h2-7,10,14H,8,11H2,1H3/t14-,17+/m0/s1. The summed E-state index contributed by atoms with van der Waals surface area (Å²) in [5.41, 5.74) is 0.381. The van der Waals surface area contributed by atoms with Crippen LogP contribution in [-0.4, -0.2) is 19.7 Å². The van der Waals surface area contributed by atoms with Crippen LogP contribution in [0.2, 0.25) is 0 Å². The van der Waals surface area contributed by atoms with Gasteiger partial charge in [-0.1, -0.05) is 30.4 Å². The highest BCUT2D eigenvalue weighted by Gasteiger charge is 2.51. The monoisotopic (exact) mass is 298 g/mol. The lowest BCUT2D eigenvalue weighted by atomic mass is 9.64. The molecule has 0 spiro atoms. The molecule has 2 atom stereocenters. The number of halogens is 1. The molecule has 1 aliphatic carbocycles. The summed E-state index contributed by atoms with van der Waals surface area (Å²) >= 11 is 0. The van der Waals surface area contributed by atoms with E-state index in [-0.39, 0.29) is 25.0 Å². The summed E-state index contributed by atoms with van der Waals surface area (Å²) in [6.45, 7) is 0.0206. The third-order valence-corrected chi connectivity index (χ3v) is 4.25. The van der Waals surface area contributed by atoms with Crippen molar-refractivity contribution >= 4 is 11.6 Å². The number of allylic oxidation sites excluding steroid dienone is 3. The van der Waals surface area contributed by atoms with Gasteiger partial charge in [-0.15, -0.1) is 0 Å². The maximum atomic E-state index is 13.6. The first-order valence-electron chi connectivity index (χ1n) is 6.97. The van der Waals surface area contributed by atoms with Gasteiger partial charge in [0.2, 0.25) is 5.91 Å². The first kappa shape index (κ1) is 14.5. The minimum absolute atomic E-state index is 0.0206. The average molecular weight is 298 g/mol. The zero-order chi connectivity index (χ0) is 15.7. The fourth-order valence-corrected chi connectivity index (χ4v) is 3.27. The molecule has 0 radical (unpaired) electrons. The quantitative estimate of drug-likeness (QED) is 0.862.